The highest BCUT2D eigenvalue weighted by atomic mass is 19.1. The molecular weight excluding hydrogens is 263 g/mol. The molecule has 0 saturated heterocycles. The topological polar surface area (TPSA) is 9.23 Å². The van der Waals surface area contributed by atoms with Gasteiger partial charge in [-0.2, -0.15) is 0 Å². The van der Waals surface area contributed by atoms with Crippen molar-refractivity contribution in [3.63, 3.8) is 0 Å². The number of rotatable bonds is 6. The predicted molar refractivity (Wildman–Crippen MR) is 85.2 cm³/mol. The lowest BCUT2D eigenvalue weighted by Gasteiger charge is -2.08. The number of benzene rings is 2. The van der Waals surface area contributed by atoms with Crippen LogP contribution < -0.4 is 4.74 Å². The third-order valence-corrected chi connectivity index (χ3v) is 3.09. The molecule has 0 aliphatic carbocycles. The molecule has 0 fully saturated rings. The molecule has 2 aromatic carbocycles. The molecule has 2 rings (SSSR count). The summed E-state index contributed by atoms with van der Waals surface area (Å²) in [5.74, 6) is 1.24. The summed E-state index contributed by atoms with van der Waals surface area (Å²) in [5, 5.41) is 0. The maximum absolute atomic E-state index is 13.8. The van der Waals surface area contributed by atoms with E-state index >= 15 is 0 Å². The molecule has 0 atom stereocenters. The molecule has 0 amide bonds. The van der Waals surface area contributed by atoms with Gasteiger partial charge in [0.1, 0.15) is 5.75 Å². The van der Waals surface area contributed by atoms with Crippen LogP contribution >= 0.6 is 0 Å². The quantitative estimate of drug-likeness (QED) is 0.612. The van der Waals surface area contributed by atoms with E-state index in [1.54, 1.807) is 12.1 Å². The Balaban J connectivity index is 2.05. The SMILES string of the molecule is CC(C)C/C=C/Cc1ccc(F)c(Oc2ccccc2)c1. The van der Waals surface area contributed by atoms with Crippen molar-refractivity contribution >= 4 is 0 Å². The first-order valence-corrected chi connectivity index (χ1v) is 7.31. The van der Waals surface area contributed by atoms with Crippen LogP contribution in [0.5, 0.6) is 11.5 Å². The molecule has 0 N–H and O–H groups in total. The van der Waals surface area contributed by atoms with Crippen LogP contribution in [-0.4, -0.2) is 0 Å². The van der Waals surface area contributed by atoms with Crippen molar-refractivity contribution in [2.24, 2.45) is 5.92 Å². The van der Waals surface area contributed by atoms with Gasteiger partial charge in [0, 0.05) is 0 Å². The second-order valence-electron chi connectivity index (χ2n) is 5.48. The zero-order chi connectivity index (χ0) is 15.1. The molecule has 0 unspecified atom stereocenters. The Hall–Kier alpha value is -2.09. The first kappa shape index (κ1) is 15.3. The highest BCUT2D eigenvalue weighted by Crippen LogP contribution is 2.25. The second kappa shape index (κ2) is 7.63. The number of hydrogen-bond acceptors (Lipinski definition) is 1. The van der Waals surface area contributed by atoms with E-state index < -0.39 is 0 Å². The van der Waals surface area contributed by atoms with Crippen LogP contribution in [0, 0.1) is 11.7 Å². The van der Waals surface area contributed by atoms with Crippen molar-refractivity contribution < 1.29 is 9.13 Å². The molecule has 21 heavy (non-hydrogen) atoms. The fourth-order valence-corrected chi connectivity index (χ4v) is 1.96. The summed E-state index contributed by atoms with van der Waals surface area (Å²) in [5.41, 5.74) is 1.04. The molecule has 0 aromatic heterocycles. The summed E-state index contributed by atoms with van der Waals surface area (Å²) in [4.78, 5) is 0. The largest absolute Gasteiger partial charge is 0.454 e. The molecule has 0 radical (unpaired) electrons. The summed E-state index contributed by atoms with van der Waals surface area (Å²) < 4.78 is 19.4. The zero-order valence-corrected chi connectivity index (χ0v) is 12.6. The van der Waals surface area contributed by atoms with Crippen molar-refractivity contribution in [3.05, 3.63) is 72.1 Å². The number of hydrogen-bond donors (Lipinski definition) is 0. The van der Waals surface area contributed by atoms with E-state index in [9.17, 15) is 4.39 Å². The average Bonchev–Trinajstić information content (AvgIpc) is 2.48. The van der Waals surface area contributed by atoms with Crippen molar-refractivity contribution in [2.45, 2.75) is 26.7 Å². The Labute approximate surface area is 126 Å². The fraction of sp³-hybridized carbons (Fsp3) is 0.263. The smallest absolute Gasteiger partial charge is 0.165 e. The molecule has 2 heteroatoms. The van der Waals surface area contributed by atoms with E-state index in [1.807, 2.05) is 30.3 Å². The van der Waals surface area contributed by atoms with E-state index in [2.05, 4.69) is 26.0 Å². The third kappa shape index (κ3) is 5.07. The van der Waals surface area contributed by atoms with Gasteiger partial charge in [-0.05, 0) is 48.6 Å². The van der Waals surface area contributed by atoms with Crippen molar-refractivity contribution in [3.8, 4) is 11.5 Å². The highest BCUT2D eigenvalue weighted by Gasteiger charge is 2.05. The summed E-state index contributed by atoms with van der Waals surface area (Å²) in [6, 6.07) is 14.3. The molecule has 0 aliphatic heterocycles. The van der Waals surface area contributed by atoms with Crippen LogP contribution in [0.4, 0.5) is 4.39 Å². The highest BCUT2D eigenvalue weighted by molar-refractivity contribution is 5.35. The minimum Gasteiger partial charge on any atom is -0.454 e. The molecule has 0 heterocycles. The van der Waals surface area contributed by atoms with Crippen LogP contribution in [0.2, 0.25) is 0 Å². The average molecular weight is 284 g/mol. The molecule has 0 aliphatic rings. The van der Waals surface area contributed by atoms with Crippen molar-refractivity contribution in [1.29, 1.82) is 0 Å². The van der Waals surface area contributed by atoms with Gasteiger partial charge < -0.3 is 4.74 Å². The molecule has 110 valence electrons. The maximum atomic E-state index is 13.8. The van der Waals surface area contributed by atoms with E-state index in [-0.39, 0.29) is 11.6 Å². The molecule has 2 aromatic rings. The van der Waals surface area contributed by atoms with Crippen LogP contribution in [0.25, 0.3) is 0 Å². The van der Waals surface area contributed by atoms with Gasteiger partial charge in [0.05, 0.1) is 0 Å². The van der Waals surface area contributed by atoms with Gasteiger partial charge in [-0.15, -0.1) is 0 Å². The van der Waals surface area contributed by atoms with E-state index in [0.29, 0.717) is 11.7 Å². The fourth-order valence-electron chi connectivity index (χ4n) is 1.96. The summed E-state index contributed by atoms with van der Waals surface area (Å²) in [7, 11) is 0. The summed E-state index contributed by atoms with van der Waals surface area (Å²) in [6.45, 7) is 4.38. The Morgan fingerprint density at radius 2 is 1.81 bits per heavy atom. The Bertz CT molecular complexity index is 588. The minimum absolute atomic E-state index is 0.274. The number of para-hydroxylation sites is 1. The minimum atomic E-state index is -0.339. The lowest BCUT2D eigenvalue weighted by molar-refractivity contribution is 0.441. The molecular formula is C19H21FO. The van der Waals surface area contributed by atoms with Gasteiger partial charge in [-0.3, -0.25) is 0 Å². The summed E-state index contributed by atoms with van der Waals surface area (Å²) in [6.07, 6.45) is 6.15. The number of halogens is 1. The Kier molecular flexibility index (Phi) is 5.56. The molecule has 0 spiro atoms. The van der Waals surface area contributed by atoms with E-state index in [1.165, 1.54) is 6.07 Å². The van der Waals surface area contributed by atoms with E-state index in [0.717, 1.165) is 18.4 Å². The number of allylic oxidation sites excluding steroid dienone is 2. The van der Waals surface area contributed by atoms with Crippen LogP contribution in [0.1, 0.15) is 25.8 Å². The molecule has 0 saturated carbocycles. The van der Waals surface area contributed by atoms with Crippen LogP contribution in [-0.2, 0) is 6.42 Å². The lowest BCUT2D eigenvalue weighted by atomic mass is 10.1. The first-order chi connectivity index (χ1) is 10.1. The Morgan fingerprint density at radius 1 is 1.05 bits per heavy atom. The van der Waals surface area contributed by atoms with Crippen LogP contribution in [0.3, 0.4) is 0 Å². The van der Waals surface area contributed by atoms with Crippen molar-refractivity contribution in [1.82, 2.24) is 0 Å². The second-order valence-corrected chi connectivity index (χ2v) is 5.48. The van der Waals surface area contributed by atoms with Gasteiger partial charge >= 0.3 is 0 Å². The lowest BCUT2D eigenvalue weighted by Crippen LogP contribution is -1.91. The third-order valence-electron chi connectivity index (χ3n) is 3.09. The van der Waals surface area contributed by atoms with Gasteiger partial charge in [-0.1, -0.05) is 50.3 Å². The Morgan fingerprint density at radius 3 is 2.52 bits per heavy atom. The standard InChI is InChI=1S/C19H21FO/c1-15(2)8-6-7-9-16-12-13-18(20)19(14-16)21-17-10-4-3-5-11-17/h3-7,10-15H,8-9H2,1-2H3/b7-6+. The van der Waals surface area contributed by atoms with Gasteiger partial charge in [0.25, 0.3) is 0 Å². The van der Waals surface area contributed by atoms with Gasteiger partial charge in [0.15, 0.2) is 11.6 Å². The van der Waals surface area contributed by atoms with Crippen LogP contribution in [0.15, 0.2) is 60.7 Å². The van der Waals surface area contributed by atoms with Gasteiger partial charge in [0.2, 0.25) is 0 Å². The monoisotopic (exact) mass is 284 g/mol. The zero-order valence-electron chi connectivity index (χ0n) is 12.6. The van der Waals surface area contributed by atoms with E-state index in [4.69, 9.17) is 4.74 Å². The number of ether oxygens (including phenoxy) is 1. The molecule has 1 nitrogen and oxygen atoms in total. The van der Waals surface area contributed by atoms with Gasteiger partial charge in [-0.25, -0.2) is 4.39 Å². The molecule has 0 bridgehead atoms. The maximum Gasteiger partial charge on any atom is 0.165 e. The first-order valence-electron chi connectivity index (χ1n) is 7.31. The normalized spacial score (nSPS) is 11.2. The van der Waals surface area contributed by atoms with Crippen molar-refractivity contribution in [2.75, 3.05) is 0 Å². The predicted octanol–water partition coefficient (Wildman–Crippen LogP) is 5.76. The summed E-state index contributed by atoms with van der Waals surface area (Å²) >= 11 is 0.